The summed E-state index contributed by atoms with van der Waals surface area (Å²) < 4.78 is 12.3. The maximum atomic E-state index is 12.4. The van der Waals surface area contributed by atoms with E-state index in [1.807, 2.05) is 13.1 Å². The molecule has 2 aromatic rings. The number of nitrogens with one attached hydrogen (secondary N) is 2. The van der Waals surface area contributed by atoms with Crippen molar-refractivity contribution in [2.75, 3.05) is 20.0 Å². The van der Waals surface area contributed by atoms with Gasteiger partial charge in [-0.1, -0.05) is 37.6 Å². The van der Waals surface area contributed by atoms with E-state index in [-0.39, 0.29) is 30.2 Å². The van der Waals surface area contributed by atoms with E-state index in [0.717, 1.165) is 12.0 Å². The second kappa shape index (κ2) is 12.5. The summed E-state index contributed by atoms with van der Waals surface area (Å²) in [6.07, 6.45) is 7.77. The molecule has 34 heavy (non-hydrogen) atoms. The molecule has 0 spiro atoms. The number of rotatable bonds is 10. The zero-order chi connectivity index (χ0) is 24.5. The molecule has 1 saturated carbocycles. The molecule has 2 atom stereocenters. The number of aromatic nitrogens is 3. The van der Waals surface area contributed by atoms with Crippen LogP contribution in [0.15, 0.2) is 29.4 Å². The minimum Gasteiger partial charge on any atom is -0.493 e. The summed E-state index contributed by atoms with van der Waals surface area (Å²) in [5.74, 6) is 2.40. The molecule has 1 aliphatic rings. The average Bonchev–Trinajstić information content (AvgIpc) is 3.20. The molecule has 0 saturated heterocycles. The lowest BCUT2D eigenvalue weighted by Gasteiger charge is -2.29. The zero-order valence-electron chi connectivity index (χ0n) is 20.2. The molecule has 184 valence electrons. The van der Waals surface area contributed by atoms with Gasteiger partial charge in [0.05, 0.1) is 26.5 Å². The molecule has 2 N–H and O–H groups in total. The molecule has 0 bridgehead atoms. The third-order valence-corrected chi connectivity index (χ3v) is 6.99. The Bertz CT molecular complexity index is 1020. The minimum absolute atomic E-state index is 0.0157. The predicted octanol–water partition coefficient (Wildman–Crippen LogP) is 2.95. The molecule has 10 heteroatoms. The number of thioether (sulfide) groups is 1. The third-order valence-electron chi connectivity index (χ3n) is 5.97. The first-order valence-corrected chi connectivity index (χ1v) is 12.4. The predicted molar refractivity (Wildman–Crippen MR) is 132 cm³/mol. The highest BCUT2D eigenvalue weighted by Gasteiger charge is 2.23. The van der Waals surface area contributed by atoms with E-state index >= 15 is 0 Å². The van der Waals surface area contributed by atoms with Gasteiger partial charge in [-0.05, 0) is 42.5 Å². The first-order chi connectivity index (χ1) is 16.4. The number of methoxy groups -OCH3 is 2. The van der Waals surface area contributed by atoms with Crippen molar-refractivity contribution in [1.29, 1.82) is 0 Å². The molecule has 1 aromatic heterocycles. The SMILES string of the molecule is COc1ccc(/C=C/C(=O)NCc2nnc(SCC(=O)N[C@H]3CCCC[C@@H]3C)n2C)cc1OC. The van der Waals surface area contributed by atoms with Crippen LogP contribution in [0.4, 0.5) is 0 Å². The summed E-state index contributed by atoms with van der Waals surface area (Å²) in [5.41, 5.74) is 0.811. The van der Waals surface area contributed by atoms with E-state index in [1.165, 1.54) is 37.1 Å². The smallest absolute Gasteiger partial charge is 0.244 e. The van der Waals surface area contributed by atoms with Gasteiger partial charge in [0.2, 0.25) is 11.8 Å². The summed E-state index contributed by atoms with van der Waals surface area (Å²) in [7, 11) is 4.96. The Morgan fingerprint density at radius 2 is 1.94 bits per heavy atom. The lowest BCUT2D eigenvalue weighted by atomic mass is 9.86. The minimum atomic E-state index is -0.257. The molecular formula is C24H33N5O4S. The quantitative estimate of drug-likeness (QED) is 0.392. The molecule has 9 nitrogen and oxygen atoms in total. The van der Waals surface area contributed by atoms with Crippen molar-refractivity contribution in [2.45, 2.75) is 50.4 Å². The average molecular weight is 488 g/mol. The Hall–Kier alpha value is -3.01. The molecule has 1 aromatic carbocycles. The van der Waals surface area contributed by atoms with Gasteiger partial charge < -0.3 is 24.7 Å². The van der Waals surface area contributed by atoms with Gasteiger partial charge in [0.1, 0.15) is 0 Å². The van der Waals surface area contributed by atoms with E-state index in [1.54, 1.807) is 37.0 Å². The summed E-state index contributed by atoms with van der Waals surface area (Å²) in [5, 5.41) is 14.9. The van der Waals surface area contributed by atoms with Gasteiger partial charge in [0.15, 0.2) is 22.5 Å². The number of hydrogen-bond donors (Lipinski definition) is 2. The van der Waals surface area contributed by atoms with Crippen molar-refractivity contribution in [1.82, 2.24) is 25.4 Å². The normalized spacial score (nSPS) is 18.0. The van der Waals surface area contributed by atoms with Gasteiger partial charge in [0, 0.05) is 19.2 Å². The molecule has 0 aliphatic heterocycles. The fourth-order valence-electron chi connectivity index (χ4n) is 3.89. The van der Waals surface area contributed by atoms with Crippen LogP contribution in [0.1, 0.15) is 44.0 Å². The molecule has 1 aliphatic carbocycles. The standard InChI is InChI=1S/C24H33N5O4S/c1-16-7-5-6-8-18(16)26-23(31)15-34-24-28-27-21(29(24)2)14-25-22(30)12-10-17-9-11-19(32-3)20(13-17)33-4/h9-13,16,18H,5-8,14-15H2,1-4H3,(H,25,30)(H,26,31)/b12-10+/t16-,18-/m0/s1. The summed E-state index contributed by atoms with van der Waals surface area (Å²) in [6.45, 7) is 2.43. The van der Waals surface area contributed by atoms with Crippen LogP contribution in [-0.2, 0) is 23.2 Å². The summed E-state index contributed by atoms with van der Waals surface area (Å²) in [4.78, 5) is 24.6. The van der Waals surface area contributed by atoms with E-state index in [0.29, 0.717) is 28.4 Å². The maximum absolute atomic E-state index is 12.4. The van der Waals surface area contributed by atoms with Crippen molar-refractivity contribution in [3.63, 3.8) is 0 Å². The number of hydrogen-bond acceptors (Lipinski definition) is 7. The van der Waals surface area contributed by atoms with Crippen molar-refractivity contribution >= 4 is 29.7 Å². The number of carbonyl (C=O) groups excluding carboxylic acids is 2. The zero-order valence-corrected chi connectivity index (χ0v) is 21.0. The Morgan fingerprint density at radius 3 is 2.68 bits per heavy atom. The third kappa shape index (κ3) is 6.99. The molecule has 1 fully saturated rings. The molecule has 2 amide bonds. The van der Waals surface area contributed by atoms with Crippen LogP contribution in [-0.4, -0.2) is 52.6 Å². The van der Waals surface area contributed by atoms with Crippen LogP contribution in [0.2, 0.25) is 0 Å². The molecule has 1 heterocycles. The van der Waals surface area contributed by atoms with Gasteiger partial charge in [0.25, 0.3) is 0 Å². The molecular weight excluding hydrogens is 454 g/mol. The lowest BCUT2D eigenvalue weighted by Crippen LogP contribution is -2.41. The van der Waals surface area contributed by atoms with E-state index in [2.05, 4.69) is 27.8 Å². The molecule has 3 rings (SSSR count). The molecule has 0 unspecified atom stereocenters. The lowest BCUT2D eigenvalue weighted by molar-refractivity contribution is -0.120. The maximum Gasteiger partial charge on any atom is 0.244 e. The first-order valence-electron chi connectivity index (χ1n) is 11.4. The monoisotopic (exact) mass is 487 g/mol. The Morgan fingerprint density at radius 1 is 1.18 bits per heavy atom. The number of amides is 2. The highest BCUT2D eigenvalue weighted by Crippen LogP contribution is 2.28. The van der Waals surface area contributed by atoms with Crippen LogP contribution in [0.25, 0.3) is 6.08 Å². The van der Waals surface area contributed by atoms with Gasteiger partial charge in [-0.25, -0.2) is 0 Å². The number of benzene rings is 1. The Balaban J connectivity index is 1.47. The number of ether oxygens (including phenoxy) is 2. The van der Waals surface area contributed by atoms with Crippen LogP contribution in [0.5, 0.6) is 11.5 Å². The van der Waals surface area contributed by atoms with Crippen molar-refractivity contribution in [3.8, 4) is 11.5 Å². The van der Waals surface area contributed by atoms with Crippen molar-refractivity contribution in [3.05, 3.63) is 35.7 Å². The fourth-order valence-corrected chi connectivity index (χ4v) is 4.63. The van der Waals surface area contributed by atoms with Crippen LogP contribution >= 0.6 is 11.8 Å². The summed E-state index contributed by atoms with van der Waals surface area (Å²) >= 11 is 1.34. The number of carbonyl (C=O) groups is 2. The second-order valence-corrected chi connectivity index (χ2v) is 9.29. The molecule has 0 radical (unpaired) electrons. The largest absolute Gasteiger partial charge is 0.493 e. The Labute approximate surface area is 204 Å². The highest BCUT2D eigenvalue weighted by atomic mass is 32.2. The summed E-state index contributed by atoms with van der Waals surface area (Å²) in [6, 6.07) is 5.67. The van der Waals surface area contributed by atoms with Gasteiger partial charge in [-0.3, -0.25) is 9.59 Å². The number of nitrogens with zero attached hydrogens (tertiary/aromatic N) is 3. The van der Waals surface area contributed by atoms with Crippen LogP contribution < -0.4 is 20.1 Å². The fraction of sp³-hybridized carbons (Fsp3) is 0.500. The van der Waals surface area contributed by atoms with Crippen molar-refractivity contribution < 1.29 is 19.1 Å². The Kier molecular flexibility index (Phi) is 9.38. The highest BCUT2D eigenvalue weighted by molar-refractivity contribution is 7.99. The van der Waals surface area contributed by atoms with Gasteiger partial charge in [-0.15, -0.1) is 10.2 Å². The van der Waals surface area contributed by atoms with E-state index < -0.39 is 0 Å². The van der Waals surface area contributed by atoms with Gasteiger partial charge in [-0.2, -0.15) is 0 Å². The van der Waals surface area contributed by atoms with Crippen molar-refractivity contribution in [2.24, 2.45) is 13.0 Å². The van der Waals surface area contributed by atoms with Gasteiger partial charge >= 0.3 is 0 Å². The van der Waals surface area contributed by atoms with E-state index in [9.17, 15) is 9.59 Å². The first kappa shape index (κ1) is 25.6. The second-order valence-electron chi connectivity index (χ2n) is 8.35. The van der Waals surface area contributed by atoms with E-state index in [4.69, 9.17) is 9.47 Å². The van der Waals surface area contributed by atoms with Crippen LogP contribution in [0, 0.1) is 5.92 Å². The topological polar surface area (TPSA) is 107 Å². The van der Waals surface area contributed by atoms with Crippen LogP contribution in [0.3, 0.4) is 0 Å².